The highest BCUT2D eigenvalue weighted by Crippen LogP contribution is 2.35. The molecule has 0 aliphatic rings. The summed E-state index contributed by atoms with van der Waals surface area (Å²) in [6.07, 6.45) is 5.43. The maximum Gasteiger partial charge on any atom is 0.213 e. The number of hydrogen-bond acceptors (Lipinski definition) is 2. The van der Waals surface area contributed by atoms with E-state index in [4.69, 9.17) is 4.74 Å². The number of aryl methyl sites for hydroxylation is 1. The minimum absolute atomic E-state index is 0.184. The second-order valence-corrected chi connectivity index (χ2v) is 7.14. The van der Waals surface area contributed by atoms with Crippen LogP contribution in [0.5, 0.6) is 5.88 Å². The van der Waals surface area contributed by atoms with E-state index in [1.165, 1.54) is 17.3 Å². The molecular formula is C23H34FNO. The zero-order valence-electron chi connectivity index (χ0n) is 17.4. The molecule has 0 amide bonds. The van der Waals surface area contributed by atoms with Crippen molar-refractivity contribution in [2.75, 3.05) is 7.11 Å². The van der Waals surface area contributed by atoms with Crippen molar-refractivity contribution in [3.05, 3.63) is 47.4 Å². The molecule has 0 unspecified atom stereocenters. The topological polar surface area (TPSA) is 22.1 Å². The maximum absolute atomic E-state index is 14.4. The van der Waals surface area contributed by atoms with Crippen LogP contribution in [0.15, 0.2) is 30.5 Å². The van der Waals surface area contributed by atoms with E-state index in [1.54, 1.807) is 13.2 Å². The van der Waals surface area contributed by atoms with E-state index >= 15 is 0 Å². The van der Waals surface area contributed by atoms with Crippen molar-refractivity contribution in [2.24, 2.45) is 5.41 Å². The summed E-state index contributed by atoms with van der Waals surface area (Å²) in [7, 11) is 1.55. The number of halogens is 1. The van der Waals surface area contributed by atoms with Gasteiger partial charge >= 0.3 is 0 Å². The molecule has 0 spiro atoms. The summed E-state index contributed by atoms with van der Waals surface area (Å²) in [6, 6.07) is 8.03. The van der Waals surface area contributed by atoms with E-state index in [0.29, 0.717) is 11.4 Å². The van der Waals surface area contributed by atoms with E-state index in [-0.39, 0.29) is 11.2 Å². The largest absolute Gasteiger partial charge is 0.481 e. The molecule has 0 saturated carbocycles. The predicted molar refractivity (Wildman–Crippen MR) is 109 cm³/mol. The van der Waals surface area contributed by atoms with Gasteiger partial charge in [0, 0.05) is 11.6 Å². The lowest BCUT2D eigenvalue weighted by atomic mass is 9.79. The Morgan fingerprint density at radius 1 is 1.08 bits per heavy atom. The van der Waals surface area contributed by atoms with Gasteiger partial charge in [0.25, 0.3) is 0 Å². The molecule has 2 rings (SSSR count). The van der Waals surface area contributed by atoms with Crippen LogP contribution in [0, 0.1) is 11.2 Å². The summed E-state index contributed by atoms with van der Waals surface area (Å²) in [4.78, 5) is 3.95. The van der Waals surface area contributed by atoms with Crippen molar-refractivity contribution in [3.8, 4) is 17.0 Å². The van der Waals surface area contributed by atoms with Crippen molar-refractivity contribution in [1.82, 2.24) is 4.98 Å². The van der Waals surface area contributed by atoms with Gasteiger partial charge in [0.1, 0.15) is 5.82 Å². The fraction of sp³-hybridized carbons (Fsp3) is 0.522. The van der Waals surface area contributed by atoms with Gasteiger partial charge < -0.3 is 4.74 Å². The lowest BCUT2D eigenvalue weighted by Gasteiger charge is -2.26. The highest BCUT2D eigenvalue weighted by Gasteiger charge is 2.21. The molecule has 3 heteroatoms. The van der Waals surface area contributed by atoms with Crippen LogP contribution >= 0.6 is 0 Å². The standard InChI is InChI=1S/C21H28FNO.C2H6/c1-6-10-21(3,4)13-16-11-15(7-2)8-9-17(16)18-12-20(24-5)23-14-19(18)22;1-2/h8-9,11-12,14H,6-7,10,13H2,1-5H3;1-2H3. The van der Waals surface area contributed by atoms with Crippen LogP contribution in [0.4, 0.5) is 4.39 Å². The molecule has 144 valence electrons. The van der Waals surface area contributed by atoms with Crippen molar-refractivity contribution >= 4 is 0 Å². The first kappa shape index (κ1) is 22.1. The number of hydrogen-bond donors (Lipinski definition) is 0. The number of pyridine rings is 1. The van der Waals surface area contributed by atoms with Crippen molar-refractivity contribution in [3.63, 3.8) is 0 Å². The Hall–Kier alpha value is -1.90. The van der Waals surface area contributed by atoms with E-state index < -0.39 is 0 Å². The van der Waals surface area contributed by atoms with Crippen LogP contribution in [0.3, 0.4) is 0 Å². The third-order valence-electron chi connectivity index (χ3n) is 4.50. The zero-order valence-corrected chi connectivity index (χ0v) is 17.4. The zero-order chi connectivity index (χ0) is 19.7. The molecule has 1 aromatic heterocycles. The van der Waals surface area contributed by atoms with Gasteiger partial charge in [-0.05, 0) is 41.4 Å². The normalized spacial score (nSPS) is 10.9. The second-order valence-electron chi connectivity index (χ2n) is 7.14. The van der Waals surface area contributed by atoms with Crippen LogP contribution in [0.25, 0.3) is 11.1 Å². The monoisotopic (exact) mass is 359 g/mol. The molecule has 26 heavy (non-hydrogen) atoms. The van der Waals surface area contributed by atoms with Gasteiger partial charge in [0.15, 0.2) is 0 Å². The molecular weight excluding hydrogens is 325 g/mol. The van der Waals surface area contributed by atoms with Crippen LogP contribution < -0.4 is 4.74 Å². The van der Waals surface area contributed by atoms with Gasteiger partial charge in [0.05, 0.1) is 13.3 Å². The van der Waals surface area contributed by atoms with Crippen LogP contribution in [-0.2, 0) is 12.8 Å². The Kier molecular flexibility index (Phi) is 8.77. The Bertz CT molecular complexity index is 695. The third kappa shape index (κ3) is 5.82. The molecule has 0 aliphatic heterocycles. The Balaban J connectivity index is 0.00000163. The molecule has 0 N–H and O–H groups in total. The van der Waals surface area contributed by atoms with Gasteiger partial charge in [-0.15, -0.1) is 0 Å². The number of ether oxygens (including phenoxy) is 1. The average Bonchev–Trinajstić information content (AvgIpc) is 2.63. The van der Waals surface area contributed by atoms with Crippen LogP contribution in [-0.4, -0.2) is 12.1 Å². The van der Waals surface area contributed by atoms with Crippen molar-refractivity contribution < 1.29 is 9.13 Å². The summed E-state index contributed by atoms with van der Waals surface area (Å²) in [5.41, 5.74) is 4.16. The fourth-order valence-corrected chi connectivity index (χ4v) is 3.29. The van der Waals surface area contributed by atoms with Gasteiger partial charge in [-0.1, -0.05) is 66.2 Å². The summed E-state index contributed by atoms with van der Waals surface area (Å²) in [5, 5.41) is 0. The molecule has 2 nitrogen and oxygen atoms in total. The number of aromatic nitrogens is 1. The third-order valence-corrected chi connectivity index (χ3v) is 4.50. The highest BCUT2D eigenvalue weighted by atomic mass is 19.1. The maximum atomic E-state index is 14.4. The first-order chi connectivity index (χ1) is 12.4. The lowest BCUT2D eigenvalue weighted by Crippen LogP contribution is -2.15. The summed E-state index contributed by atoms with van der Waals surface area (Å²) in [5.74, 6) is 0.124. The molecule has 1 aromatic carbocycles. The summed E-state index contributed by atoms with van der Waals surface area (Å²) in [6.45, 7) is 12.9. The summed E-state index contributed by atoms with van der Waals surface area (Å²) >= 11 is 0. The van der Waals surface area contributed by atoms with Gasteiger partial charge in [0.2, 0.25) is 5.88 Å². The van der Waals surface area contributed by atoms with Crippen LogP contribution in [0.1, 0.15) is 65.5 Å². The predicted octanol–water partition coefficient (Wildman–Crippen LogP) is 6.85. The number of benzene rings is 1. The molecule has 0 atom stereocenters. The molecule has 1 heterocycles. The Morgan fingerprint density at radius 2 is 1.77 bits per heavy atom. The second kappa shape index (κ2) is 10.3. The summed E-state index contributed by atoms with van der Waals surface area (Å²) < 4.78 is 19.6. The Morgan fingerprint density at radius 3 is 2.35 bits per heavy atom. The van der Waals surface area contributed by atoms with Gasteiger partial charge in [-0.3, -0.25) is 0 Å². The Labute approximate surface area is 158 Å². The van der Waals surface area contributed by atoms with E-state index in [2.05, 4.69) is 44.8 Å². The molecule has 0 radical (unpaired) electrons. The number of nitrogens with zero attached hydrogens (tertiary/aromatic N) is 1. The molecule has 0 aliphatic carbocycles. The molecule has 2 aromatic rings. The van der Waals surface area contributed by atoms with Gasteiger partial charge in [-0.25, -0.2) is 9.37 Å². The average molecular weight is 360 g/mol. The SMILES string of the molecule is CC.CCCC(C)(C)Cc1cc(CC)ccc1-c1cc(OC)ncc1F. The van der Waals surface area contributed by atoms with E-state index in [0.717, 1.165) is 31.2 Å². The number of rotatable bonds is 7. The number of methoxy groups -OCH3 is 1. The quantitative estimate of drug-likeness (QED) is 0.539. The minimum Gasteiger partial charge on any atom is -0.481 e. The van der Waals surface area contributed by atoms with Crippen LogP contribution in [0.2, 0.25) is 0 Å². The first-order valence-electron chi connectivity index (χ1n) is 9.72. The van der Waals surface area contributed by atoms with Crippen molar-refractivity contribution in [1.29, 1.82) is 0 Å². The smallest absolute Gasteiger partial charge is 0.213 e. The molecule has 0 bridgehead atoms. The minimum atomic E-state index is -0.311. The van der Waals surface area contributed by atoms with Crippen molar-refractivity contribution in [2.45, 2.75) is 67.2 Å². The van der Waals surface area contributed by atoms with Gasteiger partial charge in [-0.2, -0.15) is 0 Å². The molecule has 0 saturated heterocycles. The highest BCUT2D eigenvalue weighted by molar-refractivity contribution is 5.69. The lowest BCUT2D eigenvalue weighted by molar-refractivity contribution is 0.329. The van der Waals surface area contributed by atoms with E-state index in [9.17, 15) is 4.39 Å². The molecule has 0 fully saturated rings. The van der Waals surface area contributed by atoms with E-state index in [1.807, 2.05) is 19.9 Å². The fourth-order valence-electron chi connectivity index (χ4n) is 3.29. The first-order valence-corrected chi connectivity index (χ1v) is 9.72.